The van der Waals surface area contributed by atoms with Gasteiger partial charge in [0.1, 0.15) is 0 Å². The van der Waals surface area contributed by atoms with Crippen LogP contribution in [0.3, 0.4) is 0 Å². The molecule has 1 N–H and O–H groups in total. The molecular weight excluding hydrogens is 264 g/mol. The third kappa shape index (κ3) is 4.27. The zero-order valence-corrected chi connectivity index (χ0v) is 13.5. The molecule has 1 saturated heterocycles. The van der Waals surface area contributed by atoms with E-state index in [1.165, 1.54) is 18.5 Å². The van der Waals surface area contributed by atoms with E-state index in [1.54, 1.807) is 0 Å². The predicted octanol–water partition coefficient (Wildman–Crippen LogP) is 3.06. The van der Waals surface area contributed by atoms with Crippen LogP contribution in [0.2, 0.25) is 0 Å². The normalized spacial score (nSPS) is 18.6. The summed E-state index contributed by atoms with van der Waals surface area (Å²) in [6, 6.07) is 6.87. The maximum absolute atomic E-state index is 5.73. The first kappa shape index (κ1) is 16.0. The fourth-order valence-electron chi connectivity index (χ4n) is 2.90. The molecule has 118 valence electrons. The van der Waals surface area contributed by atoms with Gasteiger partial charge in [-0.05, 0) is 45.4 Å². The van der Waals surface area contributed by atoms with E-state index in [2.05, 4.69) is 29.3 Å². The van der Waals surface area contributed by atoms with Crippen LogP contribution in [0.15, 0.2) is 18.2 Å². The molecule has 1 unspecified atom stereocenters. The minimum atomic E-state index is 0.589. The summed E-state index contributed by atoms with van der Waals surface area (Å²) in [4.78, 5) is 2.44. The van der Waals surface area contributed by atoms with Gasteiger partial charge in [-0.3, -0.25) is 0 Å². The van der Waals surface area contributed by atoms with Gasteiger partial charge in [-0.15, -0.1) is 0 Å². The van der Waals surface area contributed by atoms with E-state index in [0.717, 1.165) is 31.1 Å². The Morgan fingerprint density at radius 1 is 1.14 bits per heavy atom. The van der Waals surface area contributed by atoms with Crippen LogP contribution in [-0.2, 0) is 0 Å². The van der Waals surface area contributed by atoms with Crippen LogP contribution < -0.4 is 19.7 Å². The third-order valence-electron chi connectivity index (χ3n) is 3.81. The summed E-state index contributed by atoms with van der Waals surface area (Å²) in [5, 5.41) is 3.56. The van der Waals surface area contributed by atoms with Crippen LogP contribution in [-0.4, -0.2) is 38.9 Å². The quantitative estimate of drug-likeness (QED) is 0.837. The molecule has 4 heteroatoms. The summed E-state index contributed by atoms with van der Waals surface area (Å²) in [6.07, 6.45) is 2.49. The van der Waals surface area contributed by atoms with Gasteiger partial charge in [0.15, 0.2) is 11.5 Å². The van der Waals surface area contributed by atoms with Gasteiger partial charge in [0, 0.05) is 30.9 Å². The summed E-state index contributed by atoms with van der Waals surface area (Å²) in [6.45, 7) is 10.7. The molecule has 2 rings (SSSR count). The molecule has 1 atom stereocenters. The van der Waals surface area contributed by atoms with Crippen LogP contribution in [0.4, 0.5) is 5.69 Å². The Bertz CT molecular complexity index is 435. The minimum Gasteiger partial charge on any atom is -0.490 e. The van der Waals surface area contributed by atoms with Crippen molar-refractivity contribution in [2.24, 2.45) is 0 Å². The lowest BCUT2D eigenvalue weighted by atomic mass is 10.0. The second kappa shape index (κ2) is 8.13. The average molecular weight is 292 g/mol. The number of ether oxygens (including phenoxy) is 2. The molecule has 1 aromatic rings. The highest BCUT2D eigenvalue weighted by Crippen LogP contribution is 2.33. The molecule has 0 amide bonds. The Labute approximate surface area is 128 Å². The van der Waals surface area contributed by atoms with E-state index in [0.29, 0.717) is 19.3 Å². The van der Waals surface area contributed by atoms with Gasteiger partial charge in [0.05, 0.1) is 13.2 Å². The molecule has 0 aliphatic carbocycles. The summed E-state index contributed by atoms with van der Waals surface area (Å²) < 4.78 is 11.4. The lowest BCUT2D eigenvalue weighted by molar-refractivity contribution is 0.287. The molecule has 0 saturated carbocycles. The van der Waals surface area contributed by atoms with Crippen molar-refractivity contribution >= 4 is 5.69 Å². The molecule has 0 radical (unpaired) electrons. The van der Waals surface area contributed by atoms with Crippen molar-refractivity contribution < 1.29 is 9.47 Å². The Morgan fingerprint density at radius 3 is 2.62 bits per heavy atom. The minimum absolute atomic E-state index is 0.589. The lowest BCUT2D eigenvalue weighted by Crippen LogP contribution is -2.45. The Morgan fingerprint density at radius 2 is 1.90 bits per heavy atom. The van der Waals surface area contributed by atoms with E-state index in [-0.39, 0.29) is 0 Å². The maximum Gasteiger partial charge on any atom is 0.163 e. The van der Waals surface area contributed by atoms with E-state index in [9.17, 15) is 0 Å². The molecule has 1 aromatic carbocycles. The second-order valence-electron chi connectivity index (χ2n) is 5.34. The summed E-state index contributed by atoms with van der Waals surface area (Å²) in [5.41, 5.74) is 1.23. The highest BCUT2D eigenvalue weighted by atomic mass is 16.5. The molecule has 1 aliphatic heterocycles. The average Bonchev–Trinajstić information content (AvgIpc) is 2.50. The first-order valence-corrected chi connectivity index (χ1v) is 8.16. The molecule has 0 bridgehead atoms. The molecule has 1 fully saturated rings. The van der Waals surface area contributed by atoms with Gasteiger partial charge in [-0.2, -0.15) is 0 Å². The molecule has 21 heavy (non-hydrogen) atoms. The van der Waals surface area contributed by atoms with Gasteiger partial charge in [-0.1, -0.05) is 6.92 Å². The maximum atomic E-state index is 5.73. The number of anilines is 1. The Hall–Kier alpha value is -1.42. The number of rotatable bonds is 7. The van der Waals surface area contributed by atoms with Gasteiger partial charge in [0.25, 0.3) is 0 Å². The predicted molar refractivity (Wildman–Crippen MR) is 87.7 cm³/mol. The first-order valence-electron chi connectivity index (χ1n) is 8.16. The van der Waals surface area contributed by atoms with Crippen molar-refractivity contribution in [3.8, 4) is 11.5 Å². The van der Waals surface area contributed by atoms with Crippen LogP contribution in [0.5, 0.6) is 11.5 Å². The molecular formula is C17H28N2O2. The SMILES string of the molecule is CCNC1CCCN(c2ccc(OCC)c(OCC)c2)C1. The number of nitrogens with one attached hydrogen (secondary N) is 1. The number of hydrogen-bond acceptors (Lipinski definition) is 4. The largest absolute Gasteiger partial charge is 0.490 e. The monoisotopic (exact) mass is 292 g/mol. The van der Waals surface area contributed by atoms with Gasteiger partial charge in [0.2, 0.25) is 0 Å². The number of piperidine rings is 1. The summed E-state index contributed by atoms with van der Waals surface area (Å²) in [7, 11) is 0. The van der Waals surface area contributed by atoms with Crippen molar-refractivity contribution in [2.75, 3.05) is 37.7 Å². The highest BCUT2D eigenvalue weighted by Gasteiger charge is 2.20. The molecule has 0 spiro atoms. The van der Waals surface area contributed by atoms with Crippen LogP contribution in [0, 0.1) is 0 Å². The van der Waals surface area contributed by atoms with Crippen LogP contribution >= 0.6 is 0 Å². The molecule has 0 aromatic heterocycles. The summed E-state index contributed by atoms with van der Waals surface area (Å²) >= 11 is 0. The Balaban J connectivity index is 2.13. The smallest absolute Gasteiger partial charge is 0.163 e. The number of hydrogen-bond donors (Lipinski definition) is 1. The molecule has 4 nitrogen and oxygen atoms in total. The zero-order valence-electron chi connectivity index (χ0n) is 13.5. The van der Waals surface area contributed by atoms with Crippen molar-refractivity contribution in [1.29, 1.82) is 0 Å². The van der Waals surface area contributed by atoms with Crippen molar-refractivity contribution in [3.05, 3.63) is 18.2 Å². The number of nitrogens with zero attached hydrogens (tertiary/aromatic N) is 1. The first-order chi connectivity index (χ1) is 10.3. The summed E-state index contributed by atoms with van der Waals surface area (Å²) in [5.74, 6) is 1.69. The van der Waals surface area contributed by atoms with E-state index in [1.807, 2.05) is 19.9 Å². The molecule has 1 aliphatic rings. The van der Waals surface area contributed by atoms with Gasteiger partial charge >= 0.3 is 0 Å². The van der Waals surface area contributed by atoms with Crippen LogP contribution in [0.1, 0.15) is 33.6 Å². The lowest BCUT2D eigenvalue weighted by Gasteiger charge is -2.35. The van der Waals surface area contributed by atoms with E-state index < -0.39 is 0 Å². The topological polar surface area (TPSA) is 33.7 Å². The van der Waals surface area contributed by atoms with Crippen molar-refractivity contribution in [1.82, 2.24) is 5.32 Å². The van der Waals surface area contributed by atoms with Gasteiger partial charge in [-0.25, -0.2) is 0 Å². The fourth-order valence-corrected chi connectivity index (χ4v) is 2.90. The Kier molecular flexibility index (Phi) is 6.18. The second-order valence-corrected chi connectivity index (χ2v) is 5.34. The van der Waals surface area contributed by atoms with Crippen LogP contribution in [0.25, 0.3) is 0 Å². The number of benzene rings is 1. The number of likely N-dealkylation sites (N-methyl/N-ethyl adjacent to an activating group) is 1. The highest BCUT2D eigenvalue weighted by molar-refractivity contribution is 5.56. The molecule has 1 heterocycles. The third-order valence-corrected chi connectivity index (χ3v) is 3.81. The fraction of sp³-hybridized carbons (Fsp3) is 0.647. The van der Waals surface area contributed by atoms with E-state index in [4.69, 9.17) is 9.47 Å². The van der Waals surface area contributed by atoms with Gasteiger partial charge < -0.3 is 19.7 Å². The van der Waals surface area contributed by atoms with Crippen molar-refractivity contribution in [2.45, 2.75) is 39.7 Å². The van der Waals surface area contributed by atoms with Crippen molar-refractivity contribution in [3.63, 3.8) is 0 Å². The van der Waals surface area contributed by atoms with E-state index >= 15 is 0 Å². The zero-order chi connectivity index (χ0) is 15.1. The standard InChI is InChI=1S/C17H28N2O2/c1-4-18-14-8-7-11-19(13-14)15-9-10-16(20-5-2)17(12-15)21-6-3/h9-10,12,14,18H,4-8,11,13H2,1-3H3.